The molecule has 0 saturated carbocycles. The molecule has 1 N–H and O–H groups in total. The lowest BCUT2D eigenvalue weighted by Crippen LogP contribution is -2.36. The molecule has 1 aromatic heterocycles. The first-order valence-electron chi connectivity index (χ1n) is 7.85. The molecule has 0 spiro atoms. The Morgan fingerprint density at radius 2 is 2.17 bits per heavy atom. The highest BCUT2D eigenvalue weighted by Crippen LogP contribution is 2.27. The van der Waals surface area contributed by atoms with Crippen molar-refractivity contribution in [3.63, 3.8) is 0 Å². The van der Waals surface area contributed by atoms with Crippen molar-refractivity contribution in [3.8, 4) is 5.75 Å². The van der Waals surface area contributed by atoms with Gasteiger partial charge in [0.2, 0.25) is 0 Å². The van der Waals surface area contributed by atoms with Gasteiger partial charge in [0, 0.05) is 18.7 Å². The average molecular weight is 329 g/mol. The summed E-state index contributed by atoms with van der Waals surface area (Å²) >= 11 is 0. The summed E-state index contributed by atoms with van der Waals surface area (Å²) in [5.74, 6) is -0.494. The molecule has 0 radical (unpaired) electrons. The number of furan rings is 1. The van der Waals surface area contributed by atoms with E-state index in [0.29, 0.717) is 13.0 Å². The first-order valence-corrected chi connectivity index (χ1v) is 7.85. The van der Waals surface area contributed by atoms with Crippen molar-refractivity contribution >= 4 is 11.9 Å². The maximum atomic E-state index is 12.6. The van der Waals surface area contributed by atoms with E-state index in [9.17, 15) is 9.59 Å². The van der Waals surface area contributed by atoms with Gasteiger partial charge in [0.1, 0.15) is 12.0 Å². The van der Waals surface area contributed by atoms with Gasteiger partial charge in [0.25, 0.3) is 5.91 Å². The molecule has 24 heavy (non-hydrogen) atoms. The summed E-state index contributed by atoms with van der Waals surface area (Å²) in [5, 5.41) is 8.95. The minimum absolute atomic E-state index is 0.0150. The van der Waals surface area contributed by atoms with Crippen LogP contribution < -0.4 is 4.74 Å². The minimum Gasteiger partial charge on any atom is -0.496 e. The quantitative estimate of drug-likeness (QED) is 0.912. The molecule has 1 aliphatic heterocycles. The summed E-state index contributed by atoms with van der Waals surface area (Å²) in [6, 6.07) is 9.09. The Bertz CT molecular complexity index is 751. The van der Waals surface area contributed by atoms with Gasteiger partial charge in [0.15, 0.2) is 5.76 Å². The lowest BCUT2D eigenvalue weighted by atomic mass is 10.0. The summed E-state index contributed by atoms with van der Waals surface area (Å²) in [4.78, 5) is 25.3. The van der Waals surface area contributed by atoms with Crippen LogP contribution in [0.3, 0.4) is 0 Å². The number of aromatic carboxylic acids is 1. The smallest absolute Gasteiger partial charge is 0.338 e. The second kappa shape index (κ2) is 6.78. The van der Waals surface area contributed by atoms with Crippen LogP contribution in [0.2, 0.25) is 0 Å². The molecule has 0 bridgehead atoms. The third kappa shape index (κ3) is 3.13. The summed E-state index contributed by atoms with van der Waals surface area (Å²) in [5.41, 5.74) is 1.04. The van der Waals surface area contributed by atoms with Crippen LogP contribution in [0, 0.1) is 0 Å². The molecule has 6 nitrogen and oxygen atoms in total. The van der Waals surface area contributed by atoms with Gasteiger partial charge in [-0.2, -0.15) is 0 Å². The predicted octanol–water partition coefficient (Wildman–Crippen LogP) is 2.83. The summed E-state index contributed by atoms with van der Waals surface area (Å²) in [6.45, 7) is 0.641. The average Bonchev–Trinajstić information content (AvgIpc) is 3.24. The SMILES string of the molecule is COc1ccccc1CC1CCCN1C(=O)c1cc(C(=O)O)co1. The first kappa shape index (κ1) is 16.1. The van der Waals surface area contributed by atoms with Gasteiger partial charge >= 0.3 is 5.97 Å². The number of para-hydroxylation sites is 1. The van der Waals surface area contributed by atoms with Crippen molar-refractivity contribution in [2.75, 3.05) is 13.7 Å². The Labute approximate surface area is 139 Å². The molecule has 126 valence electrons. The number of ether oxygens (including phenoxy) is 1. The number of likely N-dealkylation sites (tertiary alicyclic amines) is 1. The van der Waals surface area contributed by atoms with Gasteiger partial charge in [-0.05, 0) is 30.9 Å². The highest BCUT2D eigenvalue weighted by atomic mass is 16.5. The molecule has 3 rings (SSSR count). The van der Waals surface area contributed by atoms with Crippen LogP contribution in [-0.2, 0) is 6.42 Å². The molecule has 1 aliphatic rings. The van der Waals surface area contributed by atoms with Gasteiger partial charge in [-0.15, -0.1) is 0 Å². The van der Waals surface area contributed by atoms with Gasteiger partial charge in [-0.25, -0.2) is 4.79 Å². The molecule has 1 fully saturated rings. The molecule has 1 aromatic carbocycles. The monoisotopic (exact) mass is 329 g/mol. The number of carboxylic acids is 1. The first-order chi connectivity index (χ1) is 11.6. The molecule has 1 unspecified atom stereocenters. The summed E-state index contributed by atoms with van der Waals surface area (Å²) in [7, 11) is 1.63. The molecule has 1 saturated heterocycles. The number of methoxy groups -OCH3 is 1. The van der Waals surface area contributed by atoms with Crippen molar-refractivity contribution in [3.05, 3.63) is 53.5 Å². The molecule has 1 amide bonds. The van der Waals surface area contributed by atoms with E-state index in [0.717, 1.165) is 30.4 Å². The van der Waals surface area contributed by atoms with Crippen LogP contribution in [-0.4, -0.2) is 41.6 Å². The highest BCUT2D eigenvalue weighted by molar-refractivity contribution is 5.95. The number of carboxylic acid groups (broad SMARTS) is 1. The van der Waals surface area contributed by atoms with Crippen LogP contribution in [0.25, 0.3) is 0 Å². The summed E-state index contributed by atoms with van der Waals surface area (Å²) in [6.07, 6.45) is 3.61. The minimum atomic E-state index is -1.11. The van der Waals surface area contributed by atoms with Gasteiger partial charge in [0.05, 0.1) is 12.7 Å². The van der Waals surface area contributed by atoms with Crippen LogP contribution in [0.4, 0.5) is 0 Å². The van der Waals surface area contributed by atoms with E-state index < -0.39 is 5.97 Å². The number of nitrogens with zero attached hydrogens (tertiary/aromatic N) is 1. The zero-order valence-corrected chi connectivity index (χ0v) is 13.4. The second-order valence-corrected chi connectivity index (χ2v) is 5.82. The van der Waals surface area contributed by atoms with E-state index in [2.05, 4.69) is 0 Å². The second-order valence-electron chi connectivity index (χ2n) is 5.82. The van der Waals surface area contributed by atoms with Crippen LogP contribution in [0.1, 0.15) is 39.3 Å². The Balaban J connectivity index is 1.77. The van der Waals surface area contributed by atoms with E-state index in [4.69, 9.17) is 14.3 Å². The number of hydrogen-bond acceptors (Lipinski definition) is 4. The van der Waals surface area contributed by atoms with Gasteiger partial charge in [-0.3, -0.25) is 4.79 Å². The molecule has 2 heterocycles. The molecule has 0 aliphatic carbocycles. The van der Waals surface area contributed by atoms with Crippen LogP contribution >= 0.6 is 0 Å². The lowest BCUT2D eigenvalue weighted by Gasteiger charge is -2.24. The van der Waals surface area contributed by atoms with Crippen LogP contribution in [0.15, 0.2) is 41.0 Å². The normalized spacial score (nSPS) is 17.0. The van der Waals surface area contributed by atoms with Crippen molar-refractivity contribution in [1.29, 1.82) is 0 Å². The van der Waals surface area contributed by atoms with E-state index in [1.54, 1.807) is 12.0 Å². The standard InChI is InChI=1S/C18H19NO5/c1-23-15-7-3-2-5-12(15)9-14-6-4-8-19(14)17(20)16-10-13(11-24-16)18(21)22/h2-3,5,7,10-11,14H,4,6,8-9H2,1H3,(H,21,22). The fourth-order valence-electron chi connectivity index (χ4n) is 3.14. The van der Waals surface area contributed by atoms with Crippen LogP contribution in [0.5, 0.6) is 5.75 Å². The Kier molecular flexibility index (Phi) is 4.55. The molecular formula is C18H19NO5. The molecule has 1 atom stereocenters. The van der Waals surface area contributed by atoms with Gasteiger partial charge in [-0.1, -0.05) is 18.2 Å². The number of hydrogen-bond donors (Lipinski definition) is 1. The van der Waals surface area contributed by atoms with Gasteiger partial charge < -0.3 is 19.2 Å². The molecule has 6 heteroatoms. The Morgan fingerprint density at radius 1 is 1.38 bits per heavy atom. The van der Waals surface area contributed by atoms with E-state index in [-0.39, 0.29) is 23.3 Å². The topological polar surface area (TPSA) is 80.0 Å². The van der Waals surface area contributed by atoms with Crippen molar-refractivity contribution < 1.29 is 23.8 Å². The number of carbonyl (C=O) groups excluding carboxylic acids is 1. The third-order valence-corrected chi connectivity index (χ3v) is 4.34. The number of benzene rings is 1. The lowest BCUT2D eigenvalue weighted by molar-refractivity contribution is 0.0690. The number of carbonyl (C=O) groups is 2. The highest BCUT2D eigenvalue weighted by Gasteiger charge is 2.32. The maximum Gasteiger partial charge on any atom is 0.338 e. The number of rotatable bonds is 5. The maximum absolute atomic E-state index is 12.6. The predicted molar refractivity (Wildman–Crippen MR) is 86.4 cm³/mol. The largest absolute Gasteiger partial charge is 0.496 e. The molecular weight excluding hydrogens is 310 g/mol. The fraction of sp³-hybridized carbons (Fsp3) is 0.333. The zero-order valence-electron chi connectivity index (χ0n) is 13.4. The van der Waals surface area contributed by atoms with E-state index >= 15 is 0 Å². The zero-order chi connectivity index (χ0) is 17.1. The Morgan fingerprint density at radius 3 is 2.88 bits per heavy atom. The Hall–Kier alpha value is -2.76. The van der Waals surface area contributed by atoms with E-state index in [1.807, 2.05) is 24.3 Å². The van der Waals surface area contributed by atoms with Crippen molar-refractivity contribution in [1.82, 2.24) is 4.90 Å². The molecule has 2 aromatic rings. The van der Waals surface area contributed by atoms with Crippen molar-refractivity contribution in [2.45, 2.75) is 25.3 Å². The van der Waals surface area contributed by atoms with E-state index in [1.165, 1.54) is 6.07 Å². The summed E-state index contributed by atoms with van der Waals surface area (Å²) < 4.78 is 10.5. The number of amides is 1. The fourth-order valence-corrected chi connectivity index (χ4v) is 3.14. The van der Waals surface area contributed by atoms with Crippen molar-refractivity contribution in [2.24, 2.45) is 0 Å². The third-order valence-electron chi connectivity index (χ3n) is 4.34.